The first-order valence-electron chi connectivity index (χ1n) is 13.9. The van der Waals surface area contributed by atoms with E-state index in [4.69, 9.17) is 9.47 Å². The fraction of sp³-hybridized carbons (Fsp3) is 0.517. The molecule has 3 atom stereocenters. The topological polar surface area (TPSA) is 55.7 Å². The lowest BCUT2D eigenvalue weighted by Crippen LogP contribution is -2.46. The van der Waals surface area contributed by atoms with Crippen molar-refractivity contribution < 1.29 is 35.8 Å². The summed E-state index contributed by atoms with van der Waals surface area (Å²) in [6.45, 7) is 6.27. The predicted octanol–water partition coefficient (Wildman–Crippen LogP) is 6.09. The van der Waals surface area contributed by atoms with E-state index in [-0.39, 0.29) is 18.2 Å². The summed E-state index contributed by atoms with van der Waals surface area (Å²) in [5.41, 5.74) is -2.19. The molecule has 3 aromatic rings. The van der Waals surface area contributed by atoms with Crippen molar-refractivity contribution in [1.82, 2.24) is 24.6 Å². The number of alkyl halides is 6. The van der Waals surface area contributed by atoms with E-state index in [0.29, 0.717) is 31.8 Å². The molecule has 0 saturated carbocycles. The lowest BCUT2D eigenvalue weighted by Gasteiger charge is -2.42. The minimum Gasteiger partial charge on any atom is -0.349 e. The standard InChI is InChI=1S/C29H33F6N5O2/c1-20(22-15-23(28(30,31)32)17-24(16-22)29(33,34)35)42-27-26(21-7-3-2-4-8-21)39(13-14-41-27)18-25-36-19-37-40(25)12-11-38-9-5-6-10-38/h2-4,7-8,15-17,19-20,26-27H,5-6,9-14,18H2,1H3/t20-,26?,27?/m1/s1. The van der Waals surface area contributed by atoms with Crippen LogP contribution in [0.1, 0.15) is 60.0 Å². The molecule has 0 spiro atoms. The van der Waals surface area contributed by atoms with Gasteiger partial charge in [0, 0.05) is 13.1 Å². The Labute approximate surface area is 240 Å². The first-order chi connectivity index (χ1) is 20.0. The number of aromatic nitrogens is 3. The maximum absolute atomic E-state index is 13.5. The minimum atomic E-state index is -4.95. The Bertz CT molecular complexity index is 1280. The zero-order valence-electron chi connectivity index (χ0n) is 23.1. The average molecular weight is 598 g/mol. The van der Waals surface area contributed by atoms with Gasteiger partial charge in [-0.25, -0.2) is 9.67 Å². The van der Waals surface area contributed by atoms with Gasteiger partial charge in [0.2, 0.25) is 0 Å². The van der Waals surface area contributed by atoms with E-state index >= 15 is 0 Å². The maximum atomic E-state index is 13.5. The van der Waals surface area contributed by atoms with Crippen molar-refractivity contribution in [3.8, 4) is 0 Å². The molecule has 3 heterocycles. The van der Waals surface area contributed by atoms with Crippen molar-refractivity contribution in [3.05, 3.63) is 82.9 Å². The van der Waals surface area contributed by atoms with Crippen LogP contribution in [0.5, 0.6) is 0 Å². The van der Waals surface area contributed by atoms with Crippen LogP contribution in [0.15, 0.2) is 54.9 Å². The normalized spacial score (nSPS) is 21.6. The molecule has 13 heteroatoms. The molecular weight excluding hydrogens is 564 g/mol. The second-order valence-corrected chi connectivity index (χ2v) is 10.6. The van der Waals surface area contributed by atoms with E-state index in [1.165, 1.54) is 26.1 Å². The lowest BCUT2D eigenvalue weighted by atomic mass is 10.0. The minimum absolute atomic E-state index is 0.113. The Morgan fingerprint density at radius 2 is 1.60 bits per heavy atom. The van der Waals surface area contributed by atoms with Gasteiger partial charge in [-0.15, -0.1) is 0 Å². The smallest absolute Gasteiger partial charge is 0.349 e. The van der Waals surface area contributed by atoms with Crippen molar-refractivity contribution in [2.45, 2.75) is 63.6 Å². The number of hydrogen-bond acceptors (Lipinski definition) is 6. The van der Waals surface area contributed by atoms with Crippen molar-refractivity contribution in [2.75, 3.05) is 32.8 Å². The fourth-order valence-electron chi connectivity index (χ4n) is 5.51. The monoisotopic (exact) mass is 597 g/mol. The summed E-state index contributed by atoms with van der Waals surface area (Å²) in [6.07, 6.45) is -8.12. The fourth-order valence-corrected chi connectivity index (χ4v) is 5.51. The van der Waals surface area contributed by atoms with Gasteiger partial charge >= 0.3 is 12.4 Å². The second kappa shape index (κ2) is 12.7. The van der Waals surface area contributed by atoms with Crippen LogP contribution in [-0.4, -0.2) is 63.6 Å². The van der Waals surface area contributed by atoms with Crippen LogP contribution in [0, 0.1) is 0 Å². The third kappa shape index (κ3) is 7.31. The molecule has 2 aromatic carbocycles. The molecule has 42 heavy (non-hydrogen) atoms. The van der Waals surface area contributed by atoms with Crippen LogP contribution < -0.4 is 0 Å². The van der Waals surface area contributed by atoms with Gasteiger partial charge in [-0.05, 0) is 62.2 Å². The Kier molecular flexibility index (Phi) is 9.21. The molecule has 5 rings (SSSR count). The Hall–Kier alpha value is -3.00. The molecule has 0 aliphatic carbocycles. The zero-order chi connectivity index (χ0) is 29.9. The van der Waals surface area contributed by atoms with Gasteiger partial charge in [0.15, 0.2) is 6.29 Å². The largest absolute Gasteiger partial charge is 0.416 e. The molecule has 228 valence electrons. The zero-order valence-corrected chi connectivity index (χ0v) is 23.1. The van der Waals surface area contributed by atoms with Crippen LogP contribution >= 0.6 is 0 Å². The van der Waals surface area contributed by atoms with Crippen LogP contribution in [0.25, 0.3) is 0 Å². The summed E-state index contributed by atoms with van der Waals surface area (Å²) >= 11 is 0. The third-order valence-electron chi connectivity index (χ3n) is 7.74. The number of morpholine rings is 1. The Morgan fingerprint density at radius 3 is 2.24 bits per heavy atom. The molecule has 2 saturated heterocycles. The highest BCUT2D eigenvalue weighted by Gasteiger charge is 2.39. The third-order valence-corrected chi connectivity index (χ3v) is 7.74. The molecule has 2 fully saturated rings. The van der Waals surface area contributed by atoms with E-state index in [2.05, 4.69) is 19.9 Å². The van der Waals surface area contributed by atoms with Crippen LogP contribution in [0.4, 0.5) is 26.3 Å². The van der Waals surface area contributed by atoms with Crippen molar-refractivity contribution in [2.24, 2.45) is 0 Å². The highest BCUT2D eigenvalue weighted by atomic mass is 19.4. The Morgan fingerprint density at radius 1 is 0.929 bits per heavy atom. The number of hydrogen-bond donors (Lipinski definition) is 0. The molecule has 2 unspecified atom stereocenters. The van der Waals surface area contributed by atoms with Crippen LogP contribution in [0.3, 0.4) is 0 Å². The van der Waals surface area contributed by atoms with Crippen molar-refractivity contribution in [3.63, 3.8) is 0 Å². The number of rotatable bonds is 9. The molecule has 0 bridgehead atoms. The second-order valence-electron chi connectivity index (χ2n) is 10.6. The van der Waals surface area contributed by atoms with Gasteiger partial charge in [-0.2, -0.15) is 31.4 Å². The predicted molar refractivity (Wildman–Crippen MR) is 141 cm³/mol. The highest BCUT2D eigenvalue weighted by molar-refractivity contribution is 5.34. The number of likely N-dealkylation sites (tertiary alicyclic amines) is 1. The van der Waals surface area contributed by atoms with E-state index in [0.717, 1.165) is 31.0 Å². The molecule has 7 nitrogen and oxygen atoms in total. The van der Waals surface area contributed by atoms with Gasteiger partial charge < -0.3 is 14.4 Å². The number of nitrogens with zero attached hydrogens (tertiary/aromatic N) is 5. The Balaban J connectivity index is 1.38. The summed E-state index contributed by atoms with van der Waals surface area (Å²) in [4.78, 5) is 8.96. The van der Waals surface area contributed by atoms with Gasteiger partial charge in [-0.3, -0.25) is 4.90 Å². The van der Waals surface area contributed by atoms with Gasteiger partial charge in [0.1, 0.15) is 12.2 Å². The molecule has 0 N–H and O–H groups in total. The number of ether oxygens (including phenoxy) is 2. The van der Waals surface area contributed by atoms with Crippen LogP contribution in [-0.2, 0) is 34.9 Å². The van der Waals surface area contributed by atoms with Gasteiger partial charge in [0.25, 0.3) is 0 Å². The van der Waals surface area contributed by atoms with E-state index in [1.807, 2.05) is 35.0 Å². The first-order valence-corrected chi connectivity index (χ1v) is 13.9. The molecule has 2 aliphatic heterocycles. The summed E-state index contributed by atoms with van der Waals surface area (Å²) in [7, 11) is 0. The summed E-state index contributed by atoms with van der Waals surface area (Å²) in [5.74, 6) is 0.747. The first kappa shape index (κ1) is 30.5. The van der Waals surface area contributed by atoms with E-state index in [1.54, 1.807) is 0 Å². The molecular formula is C29H33F6N5O2. The number of benzene rings is 2. The lowest BCUT2D eigenvalue weighted by molar-refractivity contribution is -0.231. The van der Waals surface area contributed by atoms with Gasteiger partial charge in [-0.1, -0.05) is 30.3 Å². The number of halogens is 6. The van der Waals surface area contributed by atoms with Crippen LogP contribution in [0.2, 0.25) is 0 Å². The quantitative estimate of drug-likeness (QED) is 0.279. The highest BCUT2D eigenvalue weighted by Crippen LogP contribution is 2.39. The van der Waals surface area contributed by atoms with Crippen molar-refractivity contribution >= 4 is 0 Å². The van der Waals surface area contributed by atoms with E-state index in [9.17, 15) is 26.3 Å². The molecule has 0 radical (unpaired) electrons. The molecule has 1 aromatic heterocycles. The van der Waals surface area contributed by atoms with Gasteiger partial charge in [0.05, 0.1) is 43.0 Å². The average Bonchev–Trinajstić information content (AvgIpc) is 3.63. The van der Waals surface area contributed by atoms with Crippen molar-refractivity contribution in [1.29, 1.82) is 0 Å². The maximum Gasteiger partial charge on any atom is 0.416 e. The summed E-state index contributed by atoms with van der Waals surface area (Å²) in [5, 5.41) is 4.41. The SMILES string of the molecule is C[C@@H](OC1OCCN(Cc2ncnn2CCN2CCCC2)C1c1ccccc1)c1cc(C(F)(F)F)cc(C(F)(F)F)c1. The summed E-state index contributed by atoms with van der Waals surface area (Å²) < 4.78 is 94.9. The van der Waals surface area contributed by atoms with E-state index < -0.39 is 41.9 Å². The molecule has 2 aliphatic rings. The molecule has 0 amide bonds. The summed E-state index contributed by atoms with van der Waals surface area (Å²) in [6, 6.07) is 10.3.